The first-order chi connectivity index (χ1) is 12.0. The van der Waals surface area contributed by atoms with Gasteiger partial charge in [0.2, 0.25) is 11.8 Å². The van der Waals surface area contributed by atoms with Crippen molar-refractivity contribution in [3.63, 3.8) is 0 Å². The molecule has 1 fully saturated rings. The second kappa shape index (κ2) is 5.59. The van der Waals surface area contributed by atoms with Gasteiger partial charge in [0, 0.05) is 29.9 Å². The van der Waals surface area contributed by atoms with Crippen LogP contribution in [0.4, 0.5) is 5.69 Å². The molecule has 1 unspecified atom stereocenters. The highest BCUT2D eigenvalue weighted by Gasteiger charge is 2.42. The number of aromatic amines is 1. The van der Waals surface area contributed by atoms with Crippen LogP contribution in [0, 0.1) is 0 Å². The Hall–Kier alpha value is -3.42. The summed E-state index contributed by atoms with van der Waals surface area (Å²) in [4.78, 5) is 51.9. The zero-order valence-corrected chi connectivity index (χ0v) is 13.0. The number of piperidine rings is 1. The average Bonchev–Trinajstić information content (AvgIpc) is 3.13. The Morgan fingerprint density at radius 2 is 1.96 bits per heavy atom. The van der Waals surface area contributed by atoms with Crippen molar-refractivity contribution in [3.8, 4) is 0 Å². The number of rotatable bonds is 3. The summed E-state index contributed by atoms with van der Waals surface area (Å²) in [6.07, 6.45) is 3.21. The number of anilines is 1. The molecule has 1 aromatic carbocycles. The molecule has 2 aromatic rings. The molecule has 2 aliphatic heterocycles. The van der Waals surface area contributed by atoms with E-state index in [4.69, 9.17) is 0 Å². The van der Waals surface area contributed by atoms with Crippen LogP contribution in [0.15, 0.2) is 42.2 Å². The number of aromatic nitrogens is 1. The summed E-state index contributed by atoms with van der Waals surface area (Å²) in [5.74, 6) is -2.17. The molecule has 1 aromatic heterocycles. The predicted octanol–water partition coefficient (Wildman–Crippen LogP) is 0.638. The van der Waals surface area contributed by atoms with E-state index < -0.39 is 29.7 Å². The summed E-state index contributed by atoms with van der Waals surface area (Å²) in [6.45, 7) is 0. The fourth-order valence-electron chi connectivity index (χ4n) is 3.08. The Kier molecular flexibility index (Phi) is 3.38. The number of nitrogens with zero attached hydrogens (tertiary/aromatic N) is 1. The summed E-state index contributed by atoms with van der Waals surface area (Å²) < 4.78 is 0. The second-order valence-corrected chi connectivity index (χ2v) is 5.94. The minimum Gasteiger partial charge on any atom is -0.361 e. The van der Waals surface area contributed by atoms with Gasteiger partial charge in [0.1, 0.15) is 11.7 Å². The van der Waals surface area contributed by atoms with Crippen LogP contribution in [0.3, 0.4) is 0 Å². The lowest BCUT2D eigenvalue weighted by Crippen LogP contribution is -2.54. The third-order valence-corrected chi connectivity index (χ3v) is 4.31. The van der Waals surface area contributed by atoms with E-state index in [1.165, 1.54) is 6.08 Å². The molecule has 3 N–H and O–H groups in total. The number of hydrogen-bond acceptors (Lipinski definition) is 5. The van der Waals surface area contributed by atoms with Crippen LogP contribution in [0.5, 0.6) is 0 Å². The van der Waals surface area contributed by atoms with E-state index in [1.807, 2.05) is 24.4 Å². The standard InChI is InChI=1S/C17H14N4O4/c22-14-4-3-13(16(24)20-14)21-15(23)8-12(17(21)25)19-10-2-1-9-5-6-18-11(9)7-10/h1-2,5-8,13,18-19H,3-4H2,(H,20,22,24). The fraction of sp³-hybridized carbons (Fsp3) is 0.176. The van der Waals surface area contributed by atoms with Crippen molar-refractivity contribution in [2.45, 2.75) is 18.9 Å². The summed E-state index contributed by atoms with van der Waals surface area (Å²) in [7, 11) is 0. The fourth-order valence-corrected chi connectivity index (χ4v) is 3.08. The van der Waals surface area contributed by atoms with Gasteiger partial charge in [-0.25, -0.2) is 0 Å². The van der Waals surface area contributed by atoms with Crippen molar-refractivity contribution >= 4 is 40.2 Å². The second-order valence-electron chi connectivity index (χ2n) is 5.94. The first-order valence-electron chi connectivity index (χ1n) is 7.80. The monoisotopic (exact) mass is 338 g/mol. The molecule has 0 saturated carbocycles. The van der Waals surface area contributed by atoms with E-state index >= 15 is 0 Å². The van der Waals surface area contributed by atoms with Gasteiger partial charge < -0.3 is 10.3 Å². The molecule has 4 amide bonds. The van der Waals surface area contributed by atoms with Gasteiger partial charge in [-0.1, -0.05) is 6.07 Å². The van der Waals surface area contributed by atoms with Crippen LogP contribution in [-0.4, -0.2) is 39.6 Å². The van der Waals surface area contributed by atoms with Gasteiger partial charge in [0.25, 0.3) is 11.8 Å². The van der Waals surface area contributed by atoms with Crippen LogP contribution in [0.2, 0.25) is 0 Å². The SMILES string of the molecule is O=C1CCC(N2C(=O)C=C(Nc3ccc4cc[nH]c4c3)C2=O)C(=O)N1. The lowest BCUT2D eigenvalue weighted by atomic mass is 10.0. The molecule has 2 aliphatic rings. The molecular weight excluding hydrogens is 324 g/mol. The van der Waals surface area contributed by atoms with Gasteiger partial charge in [-0.05, 0) is 30.0 Å². The Labute approximate surface area is 141 Å². The smallest absolute Gasteiger partial charge is 0.278 e. The zero-order valence-electron chi connectivity index (χ0n) is 13.0. The minimum absolute atomic E-state index is 0.0969. The maximum atomic E-state index is 12.6. The lowest BCUT2D eigenvalue weighted by molar-refractivity contribution is -0.149. The normalized spacial score (nSPS) is 20.9. The average molecular weight is 338 g/mol. The van der Waals surface area contributed by atoms with Crippen LogP contribution in [0.1, 0.15) is 12.8 Å². The zero-order chi connectivity index (χ0) is 17.6. The van der Waals surface area contributed by atoms with Gasteiger partial charge in [-0.15, -0.1) is 0 Å². The van der Waals surface area contributed by atoms with Gasteiger partial charge in [0.05, 0.1) is 0 Å². The molecule has 25 heavy (non-hydrogen) atoms. The maximum Gasteiger partial charge on any atom is 0.278 e. The summed E-state index contributed by atoms with van der Waals surface area (Å²) >= 11 is 0. The maximum absolute atomic E-state index is 12.6. The molecule has 1 saturated heterocycles. The summed E-state index contributed by atoms with van der Waals surface area (Å²) in [6, 6.07) is 6.46. The number of nitrogens with one attached hydrogen (secondary N) is 3. The van der Waals surface area contributed by atoms with Crippen molar-refractivity contribution in [2.24, 2.45) is 0 Å². The molecule has 4 rings (SSSR count). The van der Waals surface area contributed by atoms with Crippen LogP contribution in [-0.2, 0) is 19.2 Å². The van der Waals surface area contributed by atoms with E-state index in [1.54, 1.807) is 6.07 Å². The van der Waals surface area contributed by atoms with E-state index in [-0.39, 0.29) is 18.5 Å². The molecule has 8 heteroatoms. The molecule has 1 atom stereocenters. The largest absolute Gasteiger partial charge is 0.361 e. The molecule has 8 nitrogen and oxygen atoms in total. The highest BCUT2D eigenvalue weighted by atomic mass is 16.2. The Bertz CT molecular complexity index is 958. The van der Waals surface area contributed by atoms with Crippen molar-refractivity contribution in [2.75, 3.05) is 5.32 Å². The molecule has 0 radical (unpaired) electrons. The molecule has 126 valence electrons. The van der Waals surface area contributed by atoms with E-state index in [0.29, 0.717) is 5.69 Å². The number of H-pyrrole nitrogens is 1. The highest BCUT2D eigenvalue weighted by molar-refractivity contribution is 6.20. The quantitative estimate of drug-likeness (QED) is 0.711. The van der Waals surface area contributed by atoms with Gasteiger partial charge in [-0.3, -0.25) is 29.4 Å². The van der Waals surface area contributed by atoms with Gasteiger partial charge >= 0.3 is 0 Å². The predicted molar refractivity (Wildman–Crippen MR) is 88.0 cm³/mol. The molecular formula is C17H14N4O4. The Morgan fingerprint density at radius 1 is 1.12 bits per heavy atom. The van der Waals surface area contributed by atoms with Crippen molar-refractivity contribution in [3.05, 3.63) is 42.2 Å². The highest BCUT2D eigenvalue weighted by Crippen LogP contribution is 2.24. The Balaban J connectivity index is 1.54. The number of hydrogen-bond donors (Lipinski definition) is 3. The number of amides is 4. The van der Waals surface area contributed by atoms with Gasteiger partial charge in [-0.2, -0.15) is 0 Å². The number of fused-ring (bicyclic) bond motifs is 1. The third-order valence-electron chi connectivity index (χ3n) is 4.31. The van der Waals surface area contributed by atoms with Crippen molar-refractivity contribution in [1.29, 1.82) is 0 Å². The molecule has 3 heterocycles. The lowest BCUT2D eigenvalue weighted by Gasteiger charge is -2.28. The van der Waals surface area contributed by atoms with E-state index in [0.717, 1.165) is 15.8 Å². The first-order valence-corrected chi connectivity index (χ1v) is 7.80. The van der Waals surface area contributed by atoms with Crippen LogP contribution in [0.25, 0.3) is 10.9 Å². The van der Waals surface area contributed by atoms with Crippen molar-refractivity contribution in [1.82, 2.24) is 15.2 Å². The Morgan fingerprint density at radius 3 is 2.76 bits per heavy atom. The number of carbonyl (C=O) groups excluding carboxylic acids is 4. The third kappa shape index (κ3) is 2.57. The number of imide groups is 2. The van der Waals surface area contributed by atoms with E-state index in [2.05, 4.69) is 15.6 Å². The van der Waals surface area contributed by atoms with E-state index in [9.17, 15) is 19.2 Å². The van der Waals surface area contributed by atoms with Gasteiger partial charge in [0.15, 0.2) is 0 Å². The van der Waals surface area contributed by atoms with Crippen LogP contribution >= 0.6 is 0 Å². The molecule has 0 spiro atoms. The molecule has 0 aliphatic carbocycles. The first kappa shape index (κ1) is 15.1. The molecule has 0 bridgehead atoms. The van der Waals surface area contributed by atoms with Crippen LogP contribution < -0.4 is 10.6 Å². The number of benzene rings is 1. The number of carbonyl (C=O) groups is 4. The minimum atomic E-state index is -0.959. The summed E-state index contributed by atoms with van der Waals surface area (Å²) in [5.41, 5.74) is 1.64. The topological polar surface area (TPSA) is 111 Å². The van der Waals surface area contributed by atoms with Crippen molar-refractivity contribution < 1.29 is 19.2 Å². The summed E-state index contributed by atoms with van der Waals surface area (Å²) in [5, 5.41) is 6.11.